The quantitative estimate of drug-likeness (QED) is 0.813. The molecule has 4 nitrogen and oxygen atoms in total. The predicted octanol–water partition coefficient (Wildman–Crippen LogP) is 1.63. The van der Waals surface area contributed by atoms with Crippen molar-refractivity contribution in [2.45, 2.75) is 52.1 Å². The van der Waals surface area contributed by atoms with Gasteiger partial charge >= 0.3 is 0 Å². The molecule has 0 bridgehead atoms. The van der Waals surface area contributed by atoms with Crippen molar-refractivity contribution in [2.75, 3.05) is 20.3 Å². The number of carbonyl (C=O) groups is 1. The van der Waals surface area contributed by atoms with Gasteiger partial charge in [0, 0.05) is 25.6 Å². The van der Waals surface area contributed by atoms with E-state index in [1.807, 2.05) is 18.7 Å². The van der Waals surface area contributed by atoms with Crippen LogP contribution in [0.1, 0.15) is 40.0 Å². The number of amides is 1. The summed E-state index contributed by atoms with van der Waals surface area (Å²) < 4.78 is 5.15. The Morgan fingerprint density at radius 2 is 2.17 bits per heavy atom. The van der Waals surface area contributed by atoms with Crippen LogP contribution in [-0.4, -0.2) is 43.2 Å². The molecule has 1 amide bonds. The number of ether oxygens (including phenoxy) is 1. The highest BCUT2D eigenvalue weighted by Crippen LogP contribution is 2.31. The van der Waals surface area contributed by atoms with Gasteiger partial charge in [0.1, 0.15) is 0 Å². The van der Waals surface area contributed by atoms with E-state index in [1.165, 1.54) is 0 Å². The van der Waals surface area contributed by atoms with Gasteiger partial charge < -0.3 is 15.4 Å². The summed E-state index contributed by atoms with van der Waals surface area (Å²) in [5.74, 6) is 0.815. The zero-order valence-corrected chi connectivity index (χ0v) is 12.2. The van der Waals surface area contributed by atoms with Crippen molar-refractivity contribution in [3.63, 3.8) is 0 Å². The van der Waals surface area contributed by atoms with Gasteiger partial charge in [-0.1, -0.05) is 6.92 Å². The summed E-state index contributed by atoms with van der Waals surface area (Å²) in [5, 5.41) is 0. The van der Waals surface area contributed by atoms with E-state index in [4.69, 9.17) is 10.5 Å². The molecule has 0 radical (unpaired) electrons. The van der Waals surface area contributed by atoms with Gasteiger partial charge in [-0.25, -0.2) is 0 Å². The number of rotatable bonds is 5. The molecule has 0 aromatic heterocycles. The summed E-state index contributed by atoms with van der Waals surface area (Å²) >= 11 is 0. The maximum absolute atomic E-state index is 12.6. The third-order valence-corrected chi connectivity index (χ3v) is 4.09. The van der Waals surface area contributed by atoms with E-state index in [-0.39, 0.29) is 23.9 Å². The summed E-state index contributed by atoms with van der Waals surface area (Å²) in [6, 6.07) is 0.422. The van der Waals surface area contributed by atoms with Gasteiger partial charge in [-0.2, -0.15) is 0 Å². The average Bonchev–Trinajstić information content (AvgIpc) is 2.29. The summed E-state index contributed by atoms with van der Waals surface area (Å²) in [5.41, 5.74) is 5.96. The summed E-state index contributed by atoms with van der Waals surface area (Å²) in [6.45, 7) is 7.57. The van der Waals surface area contributed by atoms with Gasteiger partial charge in [0.2, 0.25) is 5.91 Å². The molecule has 18 heavy (non-hydrogen) atoms. The molecule has 1 saturated carbocycles. The Bertz CT molecular complexity index is 263. The lowest BCUT2D eigenvalue weighted by Gasteiger charge is -2.37. The Morgan fingerprint density at radius 1 is 1.50 bits per heavy atom. The molecular formula is C14H28N2O2. The maximum atomic E-state index is 12.6. The van der Waals surface area contributed by atoms with E-state index in [1.54, 1.807) is 7.11 Å². The van der Waals surface area contributed by atoms with E-state index in [2.05, 4.69) is 6.92 Å². The van der Waals surface area contributed by atoms with Crippen LogP contribution in [-0.2, 0) is 9.53 Å². The van der Waals surface area contributed by atoms with Crippen molar-refractivity contribution >= 4 is 5.91 Å². The van der Waals surface area contributed by atoms with Crippen molar-refractivity contribution in [1.82, 2.24) is 4.90 Å². The molecule has 1 aliphatic rings. The molecule has 0 saturated heterocycles. The van der Waals surface area contributed by atoms with Gasteiger partial charge in [0.15, 0.2) is 0 Å². The number of methoxy groups -OCH3 is 1. The molecule has 106 valence electrons. The Kier molecular flexibility index (Phi) is 6.09. The van der Waals surface area contributed by atoms with Crippen LogP contribution in [0.15, 0.2) is 0 Å². The molecule has 1 aliphatic carbocycles. The highest BCUT2D eigenvalue weighted by Gasteiger charge is 2.34. The second-order valence-electron chi connectivity index (χ2n) is 5.59. The first-order valence-electron chi connectivity index (χ1n) is 7.06. The van der Waals surface area contributed by atoms with E-state index in [9.17, 15) is 4.79 Å². The molecule has 0 aromatic rings. The lowest BCUT2D eigenvalue weighted by Crippen LogP contribution is -2.47. The zero-order chi connectivity index (χ0) is 13.7. The van der Waals surface area contributed by atoms with E-state index in [0.717, 1.165) is 25.8 Å². The van der Waals surface area contributed by atoms with Crippen molar-refractivity contribution in [1.29, 1.82) is 0 Å². The Hall–Kier alpha value is -0.610. The number of hydrogen-bond donors (Lipinski definition) is 1. The van der Waals surface area contributed by atoms with Gasteiger partial charge in [0.05, 0.1) is 12.6 Å². The van der Waals surface area contributed by atoms with Gasteiger partial charge in [0.25, 0.3) is 0 Å². The van der Waals surface area contributed by atoms with Gasteiger partial charge in [-0.15, -0.1) is 0 Å². The smallest absolute Gasteiger partial charge is 0.226 e. The molecule has 0 heterocycles. The van der Waals surface area contributed by atoms with Crippen molar-refractivity contribution in [3.05, 3.63) is 0 Å². The molecule has 2 N–H and O–H groups in total. The third-order valence-electron chi connectivity index (χ3n) is 4.09. The Morgan fingerprint density at radius 3 is 2.67 bits per heavy atom. The fourth-order valence-electron chi connectivity index (χ4n) is 3.03. The van der Waals surface area contributed by atoms with E-state index in [0.29, 0.717) is 12.5 Å². The van der Waals surface area contributed by atoms with Crippen LogP contribution in [0.3, 0.4) is 0 Å². The number of hydrogen-bond acceptors (Lipinski definition) is 3. The molecule has 0 aromatic carbocycles. The van der Waals surface area contributed by atoms with Crippen LogP contribution in [0.4, 0.5) is 0 Å². The minimum Gasteiger partial charge on any atom is -0.383 e. The van der Waals surface area contributed by atoms with Crippen LogP contribution in [0.5, 0.6) is 0 Å². The molecule has 4 atom stereocenters. The van der Waals surface area contributed by atoms with Gasteiger partial charge in [-0.3, -0.25) is 4.79 Å². The fourth-order valence-corrected chi connectivity index (χ4v) is 3.03. The first-order chi connectivity index (χ1) is 8.51. The SMILES string of the molecule is CCN(C(=O)C1CCC(N)CC1C)C(C)COC. The second-order valence-corrected chi connectivity index (χ2v) is 5.59. The molecule has 0 spiro atoms. The van der Waals surface area contributed by atoms with Crippen LogP contribution in [0.25, 0.3) is 0 Å². The van der Waals surface area contributed by atoms with E-state index < -0.39 is 0 Å². The lowest BCUT2D eigenvalue weighted by molar-refractivity contribution is -0.141. The Balaban J connectivity index is 2.65. The molecule has 4 heteroatoms. The summed E-state index contributed by atoms with van der Waals surface area (Å²) in [4.78, 5) is 14.5. The summed E-state index contributed by atoms with van der Waals surface area (Å²) in [7, 11) is 1.68. The standard InChI is InChI=1S/C14H28N2O2/c1-5-16(11(3)9-18-4)14(17)13-7-6-12(15)8-10(13)2/h10-13H,5-9,15H2,1-4H3. The highest BCUT2D eigenvalue weighted by molar-refractivity contribution is 5.79. The predicted molar refractivity (Wildman–Crippen MR) is 73.2 cm³/mol. The van der Waals surface area contributed by atoms with Gasteiger partial charge in [-0.05, 0) is 39.0 Å². The van der Waals surface area contributed by atoms with Crippen molar-refractivity contribution < 1.29 is 9.53 Å². The van der Waals surface area contributed by atoms with Crippen LogP contribution >= 0.6 is 0 Å². The average molecular weight is 256 g/mol. The van der Waals surface area contributed by atoms with E-state index >= 15 is 0 Å². The molecule has 0 aliphatic heterocycles. The monoisotopic (exact) mass is 256 g/mol. The normalized spacial score (nSPS) is 29.9. The fraction of sp³-hybridized carbons (Fsp3) is 0.929. The van der Waals surface area contributed by atoms with Crippen molar-refractivity contribution in [2.24, 2.45) is 17.6 Å². The molecule has 1 rings (SSSR count). The number of likely N-dealkylation sites (N-methyl/N-ethyl adjacent to an activating group) is 1. The highest BCUT2D eigenvalue weighted by atomic mass is 16.5. The first kappa shape index (κ1) is 15.4. The minimum absolute atomic E-state index is 0.143. The largest absolute Gasteiger partial charge is 0.383 e. The number of nitrogens with two attached hydrogens (primary N) is 1. The second kappa shape index (κ2) is 7.10. The molecule has 1 fully saturated rings. The number of nitrogens with zero attached hydrogens (tertiary/aromatic N) is 1. The number of carbonyl (C=O) groups excluding carboxylic acids is 1. The minimum atomic E-state index is 0.143. The maximum Gasteiger partial charge on any atom is 0.226 e. The summed E-state index contributed by atoms with van der Waals surface area (Å²) in [6.07, 6.45) is 2.86. The molecular weight excluding hydrogens is 228 g/mol. The Labute approximate surface area is 111 Å². The lowest BCUT2D eigenvalue weighted by atomic mass is 9.77. The van der Waals surface area contributed by atoms with Crippen molar-refractivity contribution in [3.8, 4) is 0 Å². The zero-order valence-electron chi connectivity index (χ0n) is 12.2. The first-order valence-corrected chi connectivity index (χ1v) is 7.06. The van der Waals surface area contributed by atoms with Crippen LogP contribution in [0, 0.1) is 11.8 Å². The van der Waals surface area contributed by atoms with Crippen LogP contribution in [0.2, 0.25) is 0 Å². The molecule has 4 unspecified atom stereocenters. The third kappa shape index (κ3) is 3.69. The van der Waals surface area contributed by atoms with Crippen LogP contribution < -0.4 is 5.73 Å². The topological polar surface area (TPSA) is 55.6 Å².